The van der Waals surface area contributed by atoms with Gasteiger partial charge in [-0.25, -0.2) is 0 Å². The molecule has 0 spiro atoms. The van der Waals surface area contributed by atoms with Crippen LogP contribution in [0.15, 0.2) is 54.7 Å². The van der Waals surface area contributed by atoms with Crippen molar-refractivity contribution in [2.75, 3.05) is 31.5 Å². The Labute approximate surface area is 180 Å². The maximum Gasteiger partial charge on any atom is 0.232 e. The monoisotopic (exact) mass is 416 g/mol. The second-order valence-electron chi connectivity index (χ2n) is 8.13. The molecule has 0 saturated carbocycles. The number of nitrogens with one attached hydrogen (secondary N) is 2. The highest BCUT2D eigenvalue weighted by atomic mass is 16.2. The minimum Gasteiger partial charge on any atom is -0.361 e. The number of hydrogen-bond donors (Lipinski definition) is 2. The van der Waals surface area contributed by atoms with Crippen LogP contribution in [0.2, 0.25) is 0 Å². The van der Waals surface area contributed by atoms with Crippen molar-refractivity contribution in [2.24, 2.45) is 0 Å². The lowest BCUT2D eigenvalue weighted by Crippen LogP contribution is -2.51. The molecule has 2 aliphatic heterocycles. The summed E-state index contributed by atoms with van der Waals surface area (Å²) in [7, 11) is 0. The second kappa shape index (κ2) is 7.91. The third-order valence-corrected chi connectivity index (χ3v) is 6.29. The Balaban J connectivity index is 1.17. The minimum absolute atomic E-state index is 0.0411. The van der Waals surface area contributed by atoms with Gasteiger partial charge in [-0.3, -0.25) is 14.4 Å². The van der Waals surface area contributed by atoms with E-state index in [4.69, 9.17) is 0 Å². The van der Waals surface area contributed by atoms with E-state index >= 15 is 0 Å². The van der Waals surface area contributed by atoms with Gasteiger partial charge >= 0.3 is 0 Å². The third-order valence-electron chi connectivity index (χ3n) is 6.29. The maximum absolute atomic E-state index is 12.8. The average Bonchev–Trinajstić information content (AvgIpc) is 3.34. The summed E-state index contributed by atoms with van der Waals surface area (Å²) in [6.45, 7) is 2.02. The van der Waals surface area contributed by atoms with Crippen molar-refractivity contribution in [1.82, 2.24) is 14.8 Å². The molecular weight excluding hydrogens is 392 g/mol. The molecule has 3 aromatic rings. The summed E-state index contributed by atoms with van der Waals surface area (Å²) in [6.07, 6.45) is 2.40. The van der Waals surface area contributed by atoms with E-state index in [1.54, 1.807) is 4.90 Å². The predicted molar refractivity (Wildman–Crippen MR) is 118 cm³/mol. The molecule has 158 valence electrons. The molecule has 7 nitrogen and oxygen atoms in total. The van der Waals surface area contributed by atoms with E-state index in [-0.39, 0.29) is 24.1 Å². The first kappa shape index (κ1) is 19.4. The van der Waals surface area contributed by atoms with Crippen LogP contribution < -0.4 is 5.32 Å². The van der Waals surface area contributed by atoms with Crippen LogP contribution in [0.5, 0.6) is 0 Å². The zero-order chi connectivity index (χ0) is 21.4. The number of benzene rings is 2. The van der Waals surface area contributed by atoms with Gasteiger partial charge in [-0.15, -0.1) is 0 Å². The quantitative estimate of drug-likeness (QED) is 0.685. The second-order valence-corrected chi connectivity index (χ2v) is 8.13. The lowest BCUT2D eigenvalue weighted by molar-refractivity contribution is -0.139. The van der Waals surface area contributed by atoms with Crippen molar-refractivity contribution < 1.29 is 14.4 Å². The summed E-state index contributed by atoms with van der Waals surface area (Å²) >= 11 is 0. The SMILES string of the molecule is O=C1Nc2ccccc2C1CC(=O)N1CCN(C(=O)Cc2c[nH]c3ccccc23)CC1. The summed E-state index contributed by atoms with van der Waals surface area (Å²) in [6, 6.07) is 15.5. The van der Waals surface area contributed by atoms with Crippen LogP contribution in [0.4, 0.5) is 5.69 Å². The Morgan fingerprint density at radius 2 is 1.58 bits per heavy atom. The number of H-pyrrole nitrogens is 1. The van der Waals surface area contributed by atoms with Gasteiger partial charge in [0.25, 0.3) is 0 Å². The number of fused-ring (bicyclic) bond motifs is 2. The normalized spacial score (nSPS) is 18.2. The standard InChI is InChI=1S/C24H24N4O3/c29-22(13-16-15-25-20-7-3-1-5-17(16)20)27-9-11-28(12-10-27)23(30)14-19-18-6-2-4-8-21(18)26-24(19)31/h1-8,15,19,25H,9-14H2,(H,26,31). The van der Waals surface area contributed by atoms with Crippen LogP contribution in [0.3, 0.4) is 0 Å². The van der Waals surface area contributed by atoms with Crippen molar-refractivity contribution in [3.05, 3.63) is 65.9 Å². The Morgan fingerprint density at radius 1 is 0.903 bits per heavy atom. The molecule has 1 atom stereocenters. The van der Waals surface area contributed by atoms with E-state index < -0.39 is 5.92 Å². The van der Waals surface area contributed by atoms with Gasteiger partial charge < -0.3 is 20.1 Å². The molecule has 7 heteroatoms. The highest BCUT2D eigenvalue weighted by Gasteiger charge is 2.34. The Bertz CT molecular complexity index is 1160. The van der Waals surface area contributed by atoms with Crippen LogP contribution >= 0.6 is 0 Å². The van der Waals surface area contributed by atoms with E-state index in [1.165, 1.54) is 0 Å². The van der Waals surface area contributed by atoms with E-state index in [0.717, 1.165) is 27.7 Å². The zero-order valence-corrected chi connectivity index (χ0v) is 17.1. The molecule has 1 saturated heterocycles. The molecule has 2 aromatic carbocycles. The first-order chi connectivity index (χ1) is 15.1. The molecule has 0 bridgehead atoms. The van der Waals surface area contributed by atoms with Gasteiger partial charge in [0.05, 0.1) is 12.3 Å². The van der Waals surface area contributed by atoms with Crippen molar-refractivity contribution in [1.29, 1.82) is 0 Å². The molecule has 31 heavy (non-hydrogen) atoms. The average molecular weight is 416 g/mol. The summed E-state index contributed by atoms with van der Waals surface area (Å²) in [5.74, 6) is -0.533. The first-order valence-electron chi connectivity index (χ1n) is 10.6. The molecule has 0 radical (unpaired) electrons. The fourth-order valence-corrected chi connectivity index (χ4v) is 4.54. The van der Waals surface area contributed by atoms with Crippen LogP contribution in [-0.4, -0.2) is 58.7 Å². The van der Waals surface area contributed by atoms with Gasteiger partial charge in [0.15, 0.2) is 0 Å². The number of piperazine rings is 1. The number of anilines is 1. The number of rotatable bonds is 4. The molecular formula is C24H24N4O3. The van der Waals surface area contributed by atoms with Gasteiger partial charge in [0.2, 0.25) is 17.7 Å². The summed E-state index contributed by atoms with van der Waals surface area (Å²) in [5, 5.41) is 3.92. The molecule has 2 N–H and O–H groups in total. The lowest BCUT2D eigenvalue weighted by atomic mass is 9.96. The zero-order valence-electron chi connectivity index (χ0n) is 17.1. The van der Waals surface area contributed by atoms with E-state index in [9.17, 15) is 14.4 Å². The molecule has 1 unspecified atom stereocenters. The number of aromatic nitrogens is 1. The predicted octanol–water partition coefficient (Wildman–Crippen LogP) is 2.51. The van der Waals surface area contributed by atoms with Crippen LogP contribution in [0, 0.1) is 0 Å². The number of aromatic amines is 1. The number of para-hydroxylation sites is 2. The van der Waals surface area contributed by atoms with Gasteiger partial charge in [0.1, 0.15) is 0 Å². The van der Waals surface area contributed by atoms with Crippen molar-refractivity contribution in [3.8, 4) is 0 Å². The van der Waals surface area contributed by atoms with Crippen molar-refractivity contribution in [3.63, 3.8) is 0 Å². The minimum atomic E-state index is -0.440. The van der Waals surface area contributed by atoms with Crippen LogP contribution in [0.1, 0.15) is 23.5 Å². The lowest BCUT2D eigenvalue weighted by Gasteiger charge is -2.35. The Hall–Kier alpha value is -3.61. The van der Waals surface area contributed by atoms with Gasteiger partial charge in [-0.05, 0) is 23.3 Å². The molecule has 5 rings (SSSR count). The third kappa shape index (κ3) is 3.67. The smallest absolute Gasteiger partial charge is 0.232 e. The van der Waals surface area contributed by atoms with E-state index in [0.29, 0.717) is 32.6 Å². The fraction of sp³-hybridized carbons (Fsp3) is 0.292. The van der Waals surface area contributed by atoms with E-state index in [1.807, 2.05) is 59.6 Å². The molecule has 1 fully saturated rings. The number of nitrogens with zero attached hydrogens (tertiary/aromatic N) is 2. The molecule has 2 aliphatic rings. The topological polar surface area (TPSA) is 85.5 Å². The summed E-state index contributed by atoms with van der Waals surface area (Å²) in [4.78, 5) is 44.7. The molecule has 0 aliphatic carbocycles. The highest BCUT2D eigenvalue weighted by molar-refractivity contribution is 6.04. The molecule has 1 aromatic heterocycles. The Morgan fingerprint density at radius 3 is 2.39 bits per heavy atom. The van der Waals surface area contributed by atoms with Crippen molar-refractivity contribution >= 4 is 34.3 Å². The number of carbonyl (C=O) groups excluding carboxylic acids is 3. The summed E-state index contributed by atoms with van der Waals surface area (Å²) < 4.78 is 0. The summed E-state index contributed by atoms with van der Waals surface area (Å²) in [5.41, 5.74) is 3.69. The van der Waals surface area contributed by atoms with Gasteiger partial charge in [0, 0.05) is 55.4 Å². The Kier molecular flexibility index (Phi) is 4.94. The molecule has 3 amide bonds. The van der Waals surface area contributed by atoms with Crippen LogP contribution in [0.25, 0.3) is 10.9 Å². The number of carbonyl (C=O) groups is 3. The molecule has 3 heterocycles. The van der Waals surface area contributed by atoms with Crippen molar-refractivity contribution in [2.45, 2.75) is 18.8 Å². The van der Waals surface area contributed by atoms with Crippen LogP contribution in [-0.2, 0) is 20.8 Å². The largest absolute Gasteiger partial charge is 0.361 e. The van der Waals surface area contributed by atoms with E-state index in [2.05, 4.69) is 10.3 Å². The number of hydrogen-bond acceptors (Lipinski definition) is 3. The fourth-order valence-electron chi connectivity index (χ4n) is 4.54. The van der Waals surface area contributed by atoms with Gasteiger partial charge in [-0.1, -0.05) is 36.4 Å². The number of amides is 3. The first-order valence-corrected chi connectivity index (χ1v) is 10.6. The maximum atomic E-state index is 12.8. The van der Waals surface area contributed by atoms with Gasteiger partial charge in [-0.2, -0.15) is 0 Å². The highest BCUT2D eigenvalue weighted by Crippen LogP contribution is 2.34.